The minimum atomic E-state index is -0.188. The number of amides is 2. The van der Waals surface area contributed by atoms with Crippen molar-refractivity contribution in [2.24, 2.45) is 5.92 Å². The van der Waals surface area contributed by atoms with Crippen LogP contribution in [0.2, 0.25) is 0 Å². The van der Waals surface area contributed by atoms with Crippen molar-refractivity contribution in [1.82, 2.24) is 9.80 Å². The molecule has 0 aliphatic carbocycles. The fourth-order valence-electron chi connectivity index (χ4n) is 3.58. The van der Waals surface area contributed by atoms with Gasteiger partial charge in [-0.2, -0.15) is 0 Å². The molecule has 2 saturated heterocycles. The Kier molecular flexibility index (Phi) is 5.49. The summed E-state index contributed by atoms with van der Waals surface area (Å²) in [5, 5.41) is 1.92. The third kappa shape index (κ3) is 3.61. The van der Waals surface area contributed by atoms with Crippen LogP contribution in [-0.4, -0.2) is 53.6 Å². The van der Waals surface area contributed by atoms with Gasteiger partial charge in [-0.1, -0.05) is 13.8 Å². The average molecular weight is 415 g/mol. The molecule has 2 aliphatic rings. The van der Waals surface area contributed by atoms with Gasteiger partial charge in [-0.15, -0.1) is 11.3 Å². The van der Waals surface area contributed by atoms with Crippen LogP contribution in [0.5, 0.6) is 0 Å². The predicted molar refractivity (Wildman–Crippen MR) is 97.4 cm³/mol. The first kappa shape index (κ1) is 17.7. The van der Waals surface area contributed by atoms with Crippen molar-refractivity contribution in [3.05, 3.63) is 20.8 Å². The molecular weight excluding hydrogens is 392 g/mol. The molecule has 0 saturated carbocycles. The van der Waals surface area contributed by atoms with Crippen molar-refractivity contribution in [2.75, 3.05) is 19.7 Å². The third-order valence-corrected chi connectivity index (χ3v) is 6.53. The number of nitrogens with zero attached hydrogens (tertiary/aromatic N) is 2. The molecule has 132 valence electrons. The van der Waals surface area contributed by atoms with Gasteiger partial charge in [0, 0.05) is 23.6 Å². The molecule has 0 bridgehead atoms. The molecule has 7 heteroatoms. The topological polar surface area (TPSA) is 49.9 Å². The highest BCUT2D eigenvalue weighted by Gasteiger charge is 2.40. The standard InChI is InChI=1S/C17H23BrN2O3S/c1-11(2)9-13-10-23-17(22)20(13)12-3-6-19(7-4-12)16(21)15-14(18)5-8-24-15/h5,8,11-13H,3-4,6-7,9-10H2,1-2H3. The van der Waals surface area contributed by atoms with Gasteiger partial charge in [-0.05, 0) is 52.6 Å². The van der Waals surface area contributed by atoms with Gasteiger partial charge in [-0.25, -0.2) is 4.79 Å². The quantitative estimate of drug-likeness (QED) is 0.748. The lowest BCUT2D eigenvalue weighted by Gasteiger charge is -2.38. The number of hydrogen-bond acceptors (Lipinski definition) is 4. The van der Waals surface area contributed by atoms with Crippen LogP contribution in [0.25, 0.3) is 0 Å². The van der Waals surface area contributed by atoms with E-state index in [9.17, 15) is 9.59 Å². The summed E-state index contributed by atoms with van der Waals surface area (Å²) in [6.45, 7) is 6.21. The average Bonchev–Trinajstić information content (AvgIpc) is 3.12. The normalized spacial score (nSPS) is 22.3. The molecule has 24 heavy (non-hydrogen) atoms. The molecule has 0 aromatic carbocycles. The monoisotopic (exact) mass is 414 g/mol. The molecule has 0 spiro atoms. The number of cyclic esters (lactones) is 1. The molecule has 1 aromatic heterocycles. The van der Waals surface area contributed by atoms with Crippen molar-refractivity contribution in [3.8, 4) is 0 Å². The van der Waals surface area contributed by atoms with Gasteiger partial charge in [0.1, 0.15) is 11.5 Å². The molecule has 2 amide bonds. The van der Waals surface area contributed by atoms with Gasteiger partial charge in [0.15, 0.2) is 0 Å². The van der Waals surface area contributed by atoms with Crippen molar-refractivity contribution in [2.45, 2.75) is 45.2 Å². The van der Waals surface area contributed by atoms with Gasteiger partial charge in [-0.3, -0.25) is 9.69 Å². The van der Waals surface area contributed by atoms with Crippen molar-refractivity contribution >= 4 is 39.3 Å². The number of rotatable bonds is 4. The summed E-state index contributed by atoms with van der Waals surface area (Å²) in [6.07, 6.45) is 2.41. The van der Waals surface area contributed by atoms with Crippen LogP contribution >= 0.6 is 27.3 Å². The first-order valence-corrected chi connectivity index (χ1v) is 10.1. The first-order valence-electron chi connectivity index (χ1n) is 8.44. The zero-order chi connectivity index (χ0) is 17.3. The number of ether oxygens (including phenoxy) is 1. The third-order valence-electron chi connectivity index (χ3n) is 4.70. The Morgan fingerprint density at radius 3 is 2.71 bits per heavy atom. The zero-order valence-electron chi connectivity index (χ0n) is 14.0. The summed E-state index contributed by atoms with van der Waals surface area (Å²) in [6, 6.07) is 2.26. The summed E-state index contributed by atoms with van der Waals surface area (Å²) in [4.78, 5) is 29.3. The summed E-state index contributed by atoms with van der Waals surface area (Å²) in [5.74, 6) is 0.614. The van der Waals surface area contributed by atoms with E-state index in [4.69, 9.17) is 4.74 Å². The Morgan fingerprint density at radius 2 is 2.12 bits per heavy atom. The fourth-order valence-corrected chi connectivity index (χ4v) is 5.09. The van der Waals surface area contributed by atoms with Crippen LogP contribution in [0.3, 0.4) is 0 Å². The highest BCUT2D eigenvalue weighted by atomic mass is 79.9. The number of carbonyl (C=O) groups is 2. The highest BCUT2D eigenvalue weighted by molar-refractivity contribution is 9.10. The lowest BCUT2D eigenvalue weighted by atomic mass is 9.98. The van der Waals surface area contributed by atoms with Gasteiger partial charge >= 0.3 is 6.09 Å². The minimum Gasteiger partial charge on any atom is -0.447 e. The van der Waals surface area contributed by atoms with E-state index >= 15 is 0 Å². The van der Waals surface area contributed by atoms with Gasteiger partial charge in [0.05, 0.1) is 6.04 Å². The number of carbonyl (C=O) groups excluding carboxylic acids is 2. The molecular formula is C17H23BrN2O3S. The lowest BCUT2D eigenvalue weighted by molar-refractivity contribution is 0.0634. The van der Waals surface area contributed by atoms with Crippen molar-refractivity contribution in [3.63, 3.8) is 0 Å². The van der Waals surface area contributed by atoms with Gasteiger partial charge in [0.25, 0.3) is 5.91 Å². The SMILES string of the molecule is CC(C)CC1COC(=O)N1C1CCN(C(=O)c2sccc2Br)CC1. The van der Waals surface area contributed by atoms with E-state index < -0.39 is 0 Å². The molecule has 2 fully saturated rings. The van der Waals surface area contributed by atoms with Crippen LogP contribution in [0.1, 0.15) is 42.8 Å². The molecule has 1 aromatic rings. The van der Waals surface area contributed by atoms with E-state index in [1.165, 1.54) is 11.3 Å². The van der Waals surface area contributed by atoms with Crippen molar-refractivity contribution in [1.29, 1.82) is 0 Å². The molecule has 0 N–H and O–H groups in total. The van der Waals surface area contributed by atoms with Crippen LogP contribution in [-0.2, 0) is 4.74 Å². The lowest BCUT2D eigenvalue weighted by Crippen LogP contribution is -2.50. The van der Waals surface area contributed by atoms with Crippen LogP contribution in [0, 0.1) is 5.92 Å². The first-order chi connectivity index (χ1) is 11.5. The second-order valence-electron chi connectivity index (χ2n) is 6.89. The summed E-state index contributed by atoms with van der Waals surface area (Å²) in [5.41, 5.74) is 0. The molecule has 5 nitrogen and oxygen atoms in total. The predicted octanol–water partition coefficient (Wildman–Crippen LogP) is 3.98. The number of piperidine rings is 1. The molecule has 2 aliphatic heterocycles. The Balaban J connectivity index is 1.61. The summed E-state index contributed by atoms with van der Waals surface area (Å²) < 4.78 is 6.14. The Hall–Kier alpha value is -1.08. The zero-order valence-corrected chi connectivity index (χ0v) is 16.4. The van der Waals surface area contributed by atoms with Gasteiger partial charge < -0.3 is 9.64 Å². The maximum atomic E-state index is 12.6. The maximum Gasteiger partial charge on any atom is 0.410 e. The molecule has 0 radical (unpaired) electrons. The van der Waals surface area contributed by atoms with E-state index in [-0.39, 0.29) is 24.1 Å². The largest absolute Gasteiger partial charge is 0.447 e. The Morgan fingerprint density at radius 1 is 1.42 bits per heavy atom. The molecule has 1 unspecified atom stereocenters. The number of hydrogen-bond donors (Lipinski definition) is 0. The molecule has 3 rings (SSSR count). The number of thiophene rings is 1. The number of likely N-dealkylation sites (tertiary alicyclic amines) is 1. The number of halogens is 1. The van der Waals surface area contributed by atoms with E-state index in [2.05, 4.69) is 29.8 Å². The van der Waals surface area contributed by atoms with Crippen molar-refractivity contribution < 1.29 is 14.3 Å². The van der Waals surface area contributed by atoms with E-state index in [1.54, 1.807) is 0 Å². The fraction of sp³-hybridized carbons (Fsp3) is 0.647. The Bertz CT molecular complexity index is 611. The van der Waals surface area contributed by atoms with Crippen LogP contribution < -0.4 is 0 Å². The van der Waals surface area contributed by atoms with Gasteiger partial charge in [0.2, 0.25) is 0 Å². The molecule has 3 heterocycles. The summed E-state index contributed by atoms with van der Waals surface area (Å²) >= 11 is 4.89. The van der Waals surface area contributed by atoms with E-state index in [1.807, 2.05) is 21.2 Å². The summed E-state index contributed by atoms with van der Waals surface area (Å²) in [7, 11) is 0. The minimum absolute atomic E-state index is 0.0815. The molecule has 1 atom stereocenters. The van der Waals surface area contributed by atoms with E-state index in [0.29, 0.717) is 25.6 Å². The van der Waals surface area contributed by atoms with Crippen LogP contribution in [0.4, 0.5) is 4.79 Å². The smallest absolute Gasteiger partial charge is 0.410 e. The van der Waals surface area contributed by atoms with Crippen LogP contribution in [0.15, 0.2) is 15.9 Å². The van der Waals surface area contributed by atoms with E-state index in [0.717, 1.165) is 28.6 Å². The second kappa shape index (κ2) is 7.44. The highest BCUT2D eigenvalue weighted by Crippen LogP contribution is 2.29. The second-order valence-corrected chi connectivity index (χ2v) is 8.66. The Labute approximate surface area is 155 Å². The maximum absolute atomic E-state index is 12.6.